The van der Waals surface area contributed by atoms with Crippen LogP contribution >= 0.6 is 0 Å². The number of nitrogen functional groups attached to an aromatic ring is 1. The standard InChI is InChI=1S/C16H18N4O2/c17-16-12(4-2-7-18-16)15(21)13-5-1-6-14(19-13)20-8-3-10-22-11-9-20/h1-2,4-7H,3,8-11H2,(H2,17,18). The first-order chi connectivity index (χ1) is 10.8. The van der Waals surface area contributed by atoms with Gasteiger partial charge in [-0.3, -0.25) is 4.79 Å². The van der Waals surface area contributed by atoms with Crippen LogP contribution < -0.4 is 10.6 Å². The number of pyridine rings is 2. The average molecular weight is 298 g/mol. The molecular weight excluding hydrogens is 280 g/mol. The zero-order chi connectivity index (χ0) is 15.4. The minimum atomic E-state index is -0.210. The van der Waals surface area contributed by atoms with Gasteiger partial charge in [0.2, 0.25) is 5.78 Å². The van der Waals surface area contributed by atoms with Crippen LogP contribution in [-0.2, 0) is 4.74 Å². The third-order valence-corrected chi connectivity index (χ3v) is 3.60. The van der Waals surface area contributed by atoms with Crippen LogP contribution in [0.25, 0.3) is 0 Å². The van der Waals surface area contributed by atoms with Gasteiger partial charge in [-0.2, -0.15) is 0 Å². The van der Waals surface area contributed by atoms with Crippen molar-refractivity contribution in [3.8, 4) is 0 Å². The highest BCUT2D eigenvalue weighted by Gasteiger charge is 2.17. The van der Waals surface area contributed by atoms with Crippen molar-refractivity contribution in [3.05, 3.63) is 47.8 Å². The smallest absolute Gasteiger partial charge is 0.215 e. The van der Waals surface area contributed by atoms with E-state index in [0.29, 0.717) is 17.9 Å². The van der Waals surface area contributed by atoms with Gasteiger partial charge in [0.15, 0.2) is 0 Å². The van der Waals surface area contributed by atoms with E-state index in [9.17, 15) is 4.79 Å². The molecule has 6 heteroatoms. The highest BCUT2D eigenvalue weighted by Crippen LogP contribution is 2.17. The Kier molecular flexibility index (Phi) is 4.29. The predicted octanol–water partition coefficient (Wildman–Crippen LogP) is 1.52. The van der Waals surface area contributed by atoms with Gasteiger partial charge in [0.1, 0.15) is 17.3 Å². The maximum atomic E-state index is 12.5. The maximum absolute atomic E-state index is 12.5. The molecule has 1 fully saturated rings. The SMILES string of the molecule is Nc1ncccc1C(=O)c1cccc(N2CCCOCC2)n1. The van der Waals surface area contributed by atoms with E-state index in [1.165, 1.54) is 0 Å². The van der Waals surface area contributed by atoms with Crippen LogP contribution in [0.2, 0.25) is 0 Å². The second-order valence-corrected chi connectivity index (χ2v) is 5.10. The number of carbonyl (C=O) groups is 1. The van der Waals surface area contributed by atoms with Crippen molar-refractivity contribution in [2.45, 2.75) is 6.42 Å². The molecule has 0 radical (unpaired) electrons. The summed E-state index contributed by atoms with van der Waals surface area (Å²) in [5.74, 6) is 0.806. The molecule has 0 aromatic carbocycles. The number of hydrogen-bond donors (Lipinski definition) is 1. The minimum absolute atomic E-state index is 0.210. The highest BCUT2D eigenvalue weighted by atomic mass is 16.5. The highest BCUT2D eigenvalue weighted by molar-refractivity contribution is 6.10. The molecule has 6 nitrogen and oxygen atoms in total. The molecule has 3 heterocycles. The van der Waals surface area contributed by atoms with E-state index >= 15 is 0 Å². The van der Waals surface area contributed by atoms with Gasteiger partial charge in [-0.15, -0.1) is 0 Å². The lowest BCUT2D eigenvalue weighted by atomic mass is 10.1. The second kappa shape index (κ2) is 6.53. The number of aromatic nitrogens is 2. The van der Waals surface area contributed by atoms with E-state index < -0.39 is 0 Å². The van der Waals surface area contributed by atoms with E-state index in [2.05, 4.69) is 14.9 Å². The largest absolute Gasteiger partial charge is 0.383 e. The van der Waals surface area contributed by atoms with Crippen molar-refractivity contribution in [3.63, 3.8) is 0 Å². The van der Waals surface area contributed by atoms with E-state index in [1.54, 1.807) is 24.4 Å². The van der Waals surface area contributed by atoms with Crippen LogP contribution in [0.15, 0.2) is 36.5 Å². The molecule has 0 bridgehead atoms. The lowest BCUT2D eigenvalue weighted by Gasteiger charge is -2.21. The summed E-state index contributed by atoms with van der Waals surface area (Å²) in [5, 5.41) is 0. The fourth-order valence-corrected chi connectivity index (χ4v) is 2.45. The van der Waals surface area contributed by atoms with E-state index in [0.717, 1.165) is 31.9 Å². The molecule has 22 heavy (non-hydrogen) atoms. The van der Waals surface area contributed by atoms with Crippen LogP contribution in [0.3, 0.4) is 0 Å². The Morgan fingerprint density at radius 1 is 1.18 bits per heavy atom. The number of nitrogens with zero attached hydrogens (tertiary/aromatic N) is 3. The summed E-state index contributed by atoms with van der Waals surface area (Å²) in [7, 11) is 0. The van der Waals surface area contributed by atoms with Crippen LogP contribution in [0, 0.1) is 0 Å². The molecule has 2 N–H and O–H groups in total. The Labute approximate surface area is 128 Å². The summed E-state index contributed by atoms with van der Waals surface area (Å²) in [6.45, 7) is 3.09. The number of rotatable bonds is 3. The normalized spacial score (nSPS) is 15.4. The molecular formula is C16H18N4O2. The third kappa shape index (κ3) is 3.07. The molecule has 1 saturated heterocycles. The van der Waals surface area contributed by atoms with E-state index in [-0.39, 0.29) is 11.6 Å². The van der Waals surface area contributed by atoms with Crippen molar-refractivity contribution in [2.75, 3.05) is 36.9 Å². The summed E-state index contributed by atoms with van der Waals surface area (Å²) in [5.41, 5.74) is 6.53. The number of nitrogens with two attached hydrogens (primary N) is 1. The topological polar surface area (TPSA) is 81.3 Å². The fourth-order valence-electron chi connectivity index (χ4n) is 2.45. The summed E-state index contributed by atoms with van der Waals surface area (Å²) in [6, 6.07) is 8.81. The van der Waals surface area contributed by atoms with Gasteiger partial charge in [-0.05, 0) is 30.7 Å². The molecule has 2 aromatic heterocycles. The van der Waals surface area contributed by atoms with Gasteiger partial charge >= 0.3 is 0 Å². The first-order valence-electron chi connectivity index (χ1n) is 7.30. The molecule has 0 unspecified atom stereocenters. The van der Waals surface area contributed by atoms with Crippen molar-refractivity contribution in [2.24, 2.45) is 0 Å². The first kappa shape index (κ1) is 14.5. The molecule has 1 aliphatic heterocycles. The lowest BCUT2D eigenvalue weighted by Crippen LogP contribution is -2.27. The lowest BCUT2D eigenvalue weighted by molar-refractivity contribution is 0.103. The minimum Gasteiger partial charge on any atom is -0.383 e. The van der Waals surface area contributed by atoms with Crippen molar-refractivity contribution < 1.29 is 9.53 Å². The molecule has 3 rings (SSSR count). The van der Waals surface area contributed by atoms with Crippen molar-refractivity contribution in [1.29, 1.82) is 0 Å². The number of hydrogen-bond acceptors (Lipinski definition) is 6. The third-order valence-electron chi connectivity index (χ3n) is 3.60. The summed E-state index contributed by atoms with van der Waals surface area (Å²) < 4.78 is 5.45. The second-order valence-electron chi connectivity index (χ2n) is 5.10. The van der Waals surface area contributed by atoms with Gasteiger partial charge < -0.3 is 15.4 Å². The number of anilines is 2. The Balaban J connectivity index is 1.87. The molecule has 0 atom stereocenters. The molecule has 0 amide bonds. The van der Waals surface area contributed by atoms with E-state index in [1.807, 2.05) is 12.1 Å². The van der Waals surface area contributed by atoms with E-state index in [4.69, 9.17) is 10.5 Å². The molecule has 0 spiro atoms. The molecule has 0 saturated carbocycles. The Bertz CT molecular complexity index is 667. The molecule has 114 valence electrons. The van der Waals surface area contributed by atoms with Crippen LogP contribution in [0.5, 0.6) is 0 Å². The summed E-state index contributed by atoms with van der Waals surface area (Å²) >= 11 is 0. The monoisotopic (exact) mass is 298 g/mol. The van der Waals surface area contributed by atoms with Gasteiger partial charge in [0, 0.05) is 25.9 Å². The Morgan fingerprint density at radius 2 is 2.09 bits per heavy atom. The van der Waals surface area contributed by atoms with Crippen LogP contribution in [0.1, 0.15) is 22.5 Å². The molecule has 0 aliphatic carbocycles. The van der Waals surface area contributed by atoms with Crippen LogP contribution in [-0.4, -0.2) is 42.1 Å². The molecule has 1 aliphatic rings. The van der Waals surface area contributed by atoms with Gasteiger partial charge in [-0.25, -0.2) is 9.97 Å². The zero-order valence-electron chi connectivity index (χ0n) is 12.2. The van der Waals surface area contributed by atoms with Crippen molar-refractivity contribution >= 4 is 17.4 Å². The number of ketones is 1. The quantitative estimate of drug-likeness (QED) is 0.865. The van der Waals surface area contributed by atoms with Crippen molar-refractivity contribution in [1.82, 2.24) is 9.97 Å². The molecule has 2 aromatic rings. The number of ether oxygens (including phenoxy) is 1. The summed E-state index contributed by atoms with van der Waals surface area (Å²) in [6.07, 6.45) is 2.52. The predicted molar refractivity (Wildman–Crippen MR) is 84.0 cm³/mol. The Hall–Kier alpha value is -2.47. The fraction of sp³-hybridized carbons (Fsp3) is 0.312. The first-order valence-corrected chi connectivity index (χ1v) is 7.30. The maximum Gasteiger partial charge on any atom is 0.215 e. The number of carbonyl (C=O) groups excluding carboxylic acids is 1. The van der Waals surface area contributed by atoms with Gasteiger partial charge in [0.25, 0.3) is 0 Å². The Morgan fingerprint density at radius 3 is 2.95 bits per heavy atom. The summed E-state index contributed by atoms with van der Waals surface area (Å²) in [4.78, 5) is 23.1. The van der Waals surface area contributed by atoms with Gasteiger partial charge in [0.05, 0.1) is 12.2 Å². The van der Waals surface area contributed by atoms with Crippen LogP contribution in [0.4, 0.5) is 11.6 Å². The average Bonchev–Trinajstić information content (AvgIpc) is 2.84. The van der Waals surface area contributed by atoms with Gasteiger partial charge in [-0.1, -0.05) is 6.07 Å². The zero-order valence-corrected chi connectivity index (χ0v) is 12.2.